The van der Waals surface area contributed by atoms with Crippen molar-refractivity contribution in [3.8, 4) is 11.1 Å². The topological polar surface area (TPSA) is 29.9 Å². The Morgan fingerprint density at radius 1 is 1.30 bits per heavy atom. The molecule has 1 unspecified atom stereocenters. The monoisotopic (exact) mass is 269 g/mol. The summed E-state index contributed by atoms with van der Waals surface area (Å²) in [5, 5.41) is 8.00. The van der Waals surface area contributed by atoms with Crippen LogP contribution in [-0.4, -0.2) is 22.9 Å². The van der Waals surface area contributed by atoms with Gasteiger partial charge in [-0.15, -0.1) is 0 Å². The van der Waals surface area contributed by atoms with Crippen molar-refractivity contribution in [1.29, 1.82) is 0 Å². The zero-order valence-corrected chi connectivity index (χ0v) is 12.4. The number of aryl methyl sites for hydroxylation is 2. The van der Waals surface area contributed by atoms with E-state index in [0.29, 0.717) is 0 Å². The first-order chi connectivity index (χ1) is 9.75. The average Bonchev–Trinajstić information content (AvgIpc) is 2.82. The van der Waals surface area contributed by atoms with E-state index in [0.717, 1.165) is 18.9 Å². The number of hydrogen-bond donors (Lipinski definition) is 1. The second-order valence-corrected chi connectivity index (χ2v) is 5.86. The van der Waals surface area contributed by atoms with Gasteiger partial charge in [-0.05, 0) is 56.3 Å². The summed E-state index contributed by atoms with van der Waals surface area (Å²) in [5.74, 6) is 0.738. The maximum atomic E-state index is 4.50. The van der Waals surface area contributed by atoms with Crippen LogP contribution in [-0.2, 0) is 13.5 Å². The Labute approximate surface area is 121 Å². The molecule has 0 radical (unpaired) electrons. The lowest BCUT2D eigenvalue weighted by molar-refractivity contribution is 0.370. The van der Waals surface area contributed by atoms with Crippen LogP contribution in [0.2, 0.25) is 0 Å². The summed E-state index contributed by atoms with van der Waals surface area (Å²) in [4.78, 5) is 0. The molecule has 3 heteroatoms. The van der Waals surface area contributed by atoms with E-state index in [2.05, 4.69) is 53.3 Å². The highest BCUT2D eigenvalue weighted by Crippen LogP contribution is 2.29. The van der Waals surface area contributed by atoms with Crippen molar-refractivity contribution in [2.24, 2.45) is 13.0 Å². The first kappa shape index (κ1) is 13.4. The van der Waals surface area contributed by atoms with Gasteiger partial charge in [0.2, 0.25) is 0 Å². The third-order valence-corrected chi connectivity index (χ3v) is 4.38. The van der Waals surface area contributed by atoms with Crippen molar-refractivity contribution < 1.29 is 0 Å². The van der Waals surface area contributed by atoms with Crippen molar-refractivity contribution >= 4 is 0 Å². The van der Waals surface area contributed by atoms with Gasteiger partial charge in [-0.3, -0.25) is 4.68 Å². The molecule has 1 aromatic heterocycles. The second kappa shape index (κ2) is 5.80. The average molecular weight is 269 g/mol. The lowest BCUT2D eigenvalue weighted by Gasteiger charge is -2.23. The van der Waals surface area contributed by atoms with Crippen molar-refractivity contribution in [2.45, 2.75) is 26.2 Å². The smallest absolute Gasteiger partial charge is 0.0571 e. The second-order valence-electron chi connectivity index (χ2n) is 5.86. The van der Waals surface area contributed by atoms with Gasteiger partial charge in [-0.1, -0.05) is 24.3 Å². The highest BCUT2D eigenvalue weighted by molar-refractivity contribution is 5.68. The zero-order chi connectivity index (χ0) is 13.9. The molecule has 1 atom stereocenters. The molecule has 1 aliphatic rings. The molecule has 0 aliphatic carbocycles. The van der Waals surface area contributed by atoms with E-state index >= 15 is 0 Å². The first-order valence-electron chi connectivity index (χ1n) is 7.53. The Hall–Kier alpha value is -1.61. The summed E-state index contributed by atoms with van der Waals surface area (Å²) >= 11 is 0. The summed E-state index contributed by atoms with van der Waals surface area (Å²) in [5.41, 5.74) is 5.31. The molecule has 1 N–H and O–H groups in total. The number of benzene rings is 1. The molecule has 2 aromatic rings. The summed E-state index contributed by atoms with van der Waals surface area (Å²) in [6.07, 6.45) is 5.76. The van der Waals surface area contributed by atoms with E-state index < -0.39 is 0 Å². The summed E-state index contributed by atoms with van der Waals surface area (Å²) in [6, 6.07) is 8.59. The highest BCUT2D eigenvalue weighted by Gasteiger charge is 2.19. The number of nitrogens with one attached hydrogen (secondary N) is 1. The molecular formula is C17H23N3. The van der Waals surface area contributed by atoms with Crippen LogP contribution in [0.3, 0.4) is 0 Å². The van der Waals surface area contributed by atoms with Crippen molar-refractivity contribution in [3.05, 3.63) is 41.7 Å². The van der Waals surface area contributed by atoms with Gasteiger partial charge in [0.1, 0.15) is 0 Å². The Kier molecular flexibility index (Phi) is 3.88. The van der Waals surface area contributed by atoms with Crippen LogP contribution < -0.4 is 5.32 Å². The molecule has 1 fully saturated rings. The molecule has 0 amide bonds. The van der Waals surface area contributed by atoms with Crippen molar-refractivity contribution in [3.63, 3.8) is 0 Å². The summed E-state index contributed by atoms with van der Waals surface area (Å²) in [7, 11) is 2.06. The predicted octanol–water partition coefficient (Wildman–Crippen LogP) is 2.94. The van der Waals surface area contributed by atoms with Gasteiger partial charge in [-0.2, -0.15) is 5.10 Å². The fraction of sp³-hybridized carbons (Fsp3) is 0.471. The molecular weight excluding hydrogens is 246 g/mol. The van der Waals surface area contributed by atoms with Crippen LogP contribution in [0.15, 0.2) is 30.5 Å². The first-order valence-corrected chi connectivity index (χ1v) is 7.53. The Morgan fingerprint density at radius 3 is 2.90 bits per heavy atom. The van der Waals surface area contributed by atoms with Gasteiger partial charge in [0, 0.05) is 18.3 Å². The lowest BCUT2D eigenvalue weighted by atomic mass is 9.91. The number of piperidine rings is 1. The molecule has 3 nitrogen and oxygen atoms in total. The normalized spacial score (nSPS) is 19.2. The minimum absolute atomic E-state index is 0.738. The zero-order valence-electron chi connectivity index (χ0n) is 12.4. The SMILES string of the molecule is Cc1ccccc1-c1cnn(C)c1CC1CCCNC1. The third kappa shape index (κ3) is 2.63. The molecule has 0 saturated carbocycles. The Balaban J connectivity index is 1.91. The predicted molar refractivity (Wildman–Crippen MR) is 82.7 cm³/mol. The van der Waals surface area contributed by atoms with E-state index in [9.17, 15) is 0 Å². The molecule has 106 valence electrons. The molecule has 2 heterocycles. The number of rotatable bonds is 3. The Bertz CT molecular complexity index is 580. The largest absolute Gasteiger partial charge is 0.316 e. The van der Waals surface area contributed by atoms with Crippen LogP contribution in [0, 0.1) is 12.8 Å². The van der Waals surface area contributed by atoms with E-state index in [1.807, 2.05) is 6.20 Å². The van der Waals surface area contributed by atoms with Gasteiger partial charge >= 0.3 is 0 Å². The van der Waals surface area contributed by atoms with Gasteiger partial charge in [0.15, 0.2) is 0 Å². The number of hydrogen-bond acceptors (Lipinski definition) is 2. The quantitative estimate of drug-likeness (QED) is 0.928. The molecule has 3 rings (SSSR count). The van der Waals surface area contributed by atoms with Crippen LogP contribution in [0.25, 0.3) is 11.1 Å². The molecule has 20 heavy (non-hydrogen) atoms. The number of nitrogens with zero attached hydrogens (tertiary/aromatic N) is 2. The van der Waals surface area contributed by atoms with Crippen molar-refractivity contribution in [2.75, 3.05) is 13.1 Å². The van der Waals surface area contributed by atoms with Crippen LogP contribution in [0.4, 0.5) is 0 Å². The Morgan fingerprint density at radius 2 is 2.15 bits per heavy atom. The number of aromatic nitrogens is 2. The van der Waals surface area contributed by atoms with Crippen LogP contribution in [0.1, 0.15) is 24.1 Å². The highest BCUT2D eigenvalue weighted by atomic mass is 15.3. The van der Waals surface area contributed by atoms with Crippen LogP contribution in [0.5, 0.6) is 0 Å². The molecule has 1 aromatic carbocycles. The maximum Gasteiger partial charge on any atom is 0.0571 e. The molecule has 1 saturated heterocycles. The maximum absolute atomic E-state index is 4.50. The van der Waals surface area contributed by atoms with Crippen LogP contribution >= 0.6 is 0 Å². The third-order valence-electron chi connectivity index (χ3n) is 4.38. The minimum Gasteiger partial charge on any atom is -0.316 e. The van der Waals surface area contributed by atoms with Gasteiger partial charge < -0.3 is 5.32 Å². The molecule has 0 spiro atoms. The molecule has 1 aliphatic heterocycles. The van der Waals surface area contributed by atoms with Gasteiger partial charge in [0.05, 0.1) is 6.20 Å². The van der Waals surface area contributed by atoms with Gasteiger partial charge in [-0.25, -0.2) is 0 Å². The summed E-state index contributed by atoms with van der Waals surface area (Å²) in [6.45, 7) is 4.49. The fourth-order valence-electron chi connectivity index (χ4n) is 3.18. The summed E-state index contributed by atoms with van der Waals surface area (Å²) < 4.78 is 2.05. The standard InChI is InChI=1S/C17H23N3/c1-13-6-3-4-8-15(13)16-12-19-20(2)17(16)10-14-7-5-9-18-11-14/h3-4,6,8,12,14,18H,5,7,9-11H2,1-2H3. The van der Waals surface area contributed by atoms with E-state index in [4.69, 9.17) is 0 Å². The van der Waals surface area contributed by atoms with Crippen molar-refractivity contribution in [1.82, 2.24) is 15.1 Å². The van der Waals surface area contributed by atoms with E-state index in [1.165, 1.54) is 41.8 Å². The van der Waals surface area contributed by atoms with E-state index in [-0.39, 0.29) is 0 Å². The minimum atomic E-state index is 0.738. The van der Waals surface area contributed by atoms with E-state index in [1.54, 1.807) is 0 Å². The van der Waals surface area contributed by atoms with Gasteiger partial charge in [0.25, 0.3) is 0 Å². The molecule has 0 bridgehead atoms. The lowest BCUT2D eigenvalue weighted by Crippen LogP contribution is -2.31. The fourth-order valence-corrected chi connectivity index (χ4v) is 3.18.